The Labute approximate surface area is 208 Å². The van der Waals surface area contributed by atoms with Crippen molar-refractivity contribution < 1.29 is 4.39 Å². The SMILES string of the molecule is Cn1nccc1Nc1cc(-c2cc3n(c2)CCCn2c-3nnc2C2(C(C)(C)F)CCC2)c(C#N)cn1. The molecule has 4 aromatic rings. The van der Waals surface area contributed by atoms with Gasteiger partial charge < -0.3 is 14.5 Å². The number of aryl methyl sites for hydroxylation is 2. The van der Waals surface area contributed by atoms with Crippen molar-refractivity contribution >= 4 is 11.6 Å². The van der Waals surface area contributed by atoms with E-state index < -0.39 is 11.1 Å². The summed E-state index contributed by atoms with van der Waals surface area (Å²) in [5.74, 6) is 2.94. The van der Waals surface area contributed by atoms with Crippen molar-refractivity contribution in [3.8, 4) is 28.7 Å². The second kappa shape index (κ2) is 8.01. The highest BCUT2D eigenvalue weighted by Crippen LogP contribution is 2.53. The second-order valence-corrected chi connectivity index (χ2v) is 10.3. The monoisotopic (exact) mass is 485 g/mol. The van der Waals surface area contributed by atoms with E-state index in [4.69, 9.17) is 0 Å². The number of halogens is 1. The fourth-order valence-electron chi connectivity index (χ4n) is 5.58. The van der Waals surface area contributed by atoms with Gasteiger partial charge >= 0.3 is 0 Å². The van der Waals surface area contributed by atoms with Gasteiger partial charge in [-0.25, -0.2) is 9.37 Å². The molecule has 1 saturated carbocycles. The normalized spacial score (nSPS) is 16.4. The van der Waals surface area contributed by atoms with Crippen LogP contribution in [0.3, 0.4) is 0 Å². The first kappa shape index (κ1) is 22.5. The summed E-state index contributed by atoms with van der Waals surface area (Å²) in [5.41, 5.74) is 1.14. The summed E-state index contributed by atoms with van der Waals surface area (Å²) in [7, 11) is 1.85. The van der Waals surface area contributed by atoms with Crippen LogP contribution in [-0.4, -0.2) is 39.8 Å². The smallest absolute Gasteiger partial charge is 0.180 e. The van der Waals surface area contributed by atoms with Crippen LogP contribution in [0.4, 0.5) is 16.0 Å². The highest BCUT2D eigenvalue weighted by Gasteiger charge is 2.55. The van der Waals surface area contributed by atoms with Gasteiger partial charge in [-0.2, -0.15) is 10.4 Å². The first-order valence-electron chi connectivity index (χ1n) is 12.3. The number of nitriles is 1. The molecule has 10 heteroatoms. The number of hydrogen-bond donors (Lipinski definition) is 1. The maximum Gasteiger partial charge on any atom is 0.180 e. The highest BCUT2D eigenvalue weighted by molar-refractivity contribution is 5.77. The van der Waals surface area contributed by atoms with Crippen LogP contribution >= 0.6 is 0 Å². The van der Waals surface area contributed by atoms with E-state index in [-0.39, 0.29) is 0 Å². The van der Waals surface area contributed by atoms with Crippen molar-refractivity contribution in [3.05, 3.63) is 48.2 Å². The number of nitrogens with zero attached hydrogens (tertiary/aromatic N) is 8. The van der Waals surface area contributed by atoms with E-state index >= 15 is 4.39 Å². The molecule has 6 rings (SSSR count). The molecule has 0 radical (unpaired) electrons. The van der Waals surface area contributed by atoms with Crippen LogP contribution < -0.4 is 5.32 Å². The summed E-state index contributed by atoms with van der Waals surface area (Å²) in [6.07, 6.45) is 8.81. The fraction of sp³-hybridized carbons (Fsp3) is 0.423. The molecular weight excluding hydrogens is 457 g/mol. The van der Waals surface area contributed by atoms with E-state index in [1.165, 1.54) is 0 Å². The minimum atomic E-state index is -1.37. The summed E-state index contributed by atoms with van der Waals surface area (Å²) in [6, 6.07) is 8.06. The van der Waals surface area contributed by atoms with Crippen molar-refractivity contribution in [1.82, 2.24) is 34.1 Å². The molecule has 0 aromatic carbocycles. The molecule has 0 spiro atoms. The lowest BCUT2D eigenvalue weighted by atomic mass is 9.60. The Bertz CT molecular complexity index is 1490. The molecule has 0 unspecified atom stereocenters. The van der Waals surface area contributed by atoms with Crippen LogP contribution in [0.25, 0.3) is 22.6 Å². The summed E-state index contributed by atoms with van der Waals surface area (Å²) in [4.78, 5) is 4.41. The van der Waals surface area contributed by atoms with E-state index in [1.54, 1.807) is 30.9 Å². The van der Waals surface area contributed by atoms with E-state index in [0.717, 1.165) is 73.1 Å². The summed E-state index contributed by atoms with van der Waals surface area (Å²) in [6.45, 7) is 4.88. The third-order valence-corrected chi connectivity index (χ3v) is 7.84. The van der Waals surface area contributed by atoms with Gasteiger partial charge in [0, 0.05) is 49.7 Å². The lowest BCUT2D eigenvalue weighted by Gasteiger charge is -2.47. The maximum absolute atomic E-state index is 15.4. The van der Waals surface area contributed by atoms with Gasteiger partial charge in [-0.1, -0.05) is 6.42 Å². The Morgan fingerprint density at radius 3 is 2.67 bits per heavy atom. The summed E-state index contributed by atoms with van der Waals surface area (Å²) in [5, 5.41) is 26.4. The van der Waals surface area contributed by atoms with E-state index in [0.29, 0.717) is 11.4 Å². The number of alkyl halides is 1. The molecule has 2 aliphatic rings. The first-order valence-corrected chi connectivity index (χ1v) is 12.3. The van der Waals surface area contributed by atoms with Crippen LogP contribution in [0, 0.1) is 11.3 Å². The number of pyridine rings is 1. The predicted molar refractivity (Wildman–Crippen MR) is 133 cm³/mol. The Morgan fingerprint density at radius 2 is 2.00 bits per heavy atom. The zero-order chi connectivity index (χ0) is 25.1. The molecular formula is C26H28FN9. The molecule has 1 aliphatic carbocycles. The molecule has 1 aliphatic heterocycles. The second-order valence-electron chi connectivity index (χ2n) is 10.3. The molecule has 0 bridgehead atoms. The van der Waals surface area contributed by atoms with Crippen molar-refractivity contribution in [2.75, 3.05) is 5.32 Å². The largest absolute Gasteiger partial charge is 0.344 e. The van der Waals surface area contributed by atoms with Crippen molar-refractivity contribution in [1.29, 1.82) is 5.26 Å². The lowest BCUT2D eigenvalue weighted by molar-refractivity contribution is 0.0172. The van der Waals surface area contributed by atoms with Gasteiger partial charge in [-0.15, -0.1) is 10.2 Å². The molecule has 4 aromatic heterocycles. The van der Waals surface area contributed by atoms with Crippen LogP contribution in [0.1, 0.15) is 50.9 Å². The topological polar surface area (TPSA) is 102 Å². The van der Waals surface area contributed by atoms with Gasteiger partial charge in [0.2, 0.25) is 0 Å². The fourth-order valence-corrected chi connectivity index (χ4v) is 5.58. The zero-order valence-corrected chi connectivity index (χ0v) is 20.7. The number of nitrogens with one attached hydrogen (secondary N) is 1. The Balaban J connectivity index is 1.42. The number of hydrogen-bond acceptors (Lipinski definition) is 6. The van der Waals surface area contributed by atoms with Crippen molar-refractivity contribution in [2.45, 2.75) is 63.7 Å². The van der Waals surface area contributed by atoms with Crippen LogP contribution in [0.2, 0.25) is 0 Å². The van der Waals surface area contributed by atoms with Gasteiger partial charge in [0.1, 0.15) is 29.2 Å². The number of aromatic nitrogens is 7. The van der Waals surface area contributed by atoms with Crippen molar-refractivity contribution in [2.24, 2.45) is 7.05 Å². The van der Waals surface area contributed by atoms with Gasteiger partial charge in [0.05, 0.1) is 22.9 Å². The van der Waals surface area contributed by atoms with Gasteiger partial charge in [-0.3, -0.25) is 4.68 Å². The van der Waals surface area contributed by atoms with E-state index in [9.17, 15) is 5.26 Å². The van der Waals surface area contributed by atoms with Gasteiger partial charge in [0.25, 0.3) is 0 Å². The third-order valence-electron chi connectivity index (χ3n) is 7.84. The third kappa shape index (κ3) is 3.33. The number of rotatable bonds is 5. The Hall–Kier alpha value is -4.00. The quantitative estimate of drug-likeness (QED) is 0.438. The summed E-state index contributed by atoms with van der Waals surface area (Å²) >= 11 is 0. The maximum atomic E-state index is 15.4. The van der Waals surface area contributed by atoms with Gasteiger partial charge in [0.15, 0.2) is 5.82 Å². The Morgan fingerprint density at radius 1 is 1.17 bits per heavy atom. The summed E-state index contributed by atoms with van der Waals surface area (Å²) < 4.78 is 21.4. The van der Waals surface area contributed by atoms with E-state index in [2.05, 4.69) is 47.0 Å². The zero-order valence-electron chi connectivity index (χ0n) is 20.7. The predicted octanol–water partition coefficient (Wildman–Crippen LogP) is 4.73. The molecule has 0 amide bonds. The molecule has 9 nitrogen and oxygen atoms in total. The van der Waals surface area contributed by atoms with Crippen LogP contribution in [0.5, 0.6) is 0 Å². The molecule has 0 atom stereocenters. The van der Waals surface area contributed by atoms with Gasteiger partial charge in [-0.05, 0) is 45.2 Å². The van der Waals surface area contributed by atoms with E-state index in [1.807, 2.05) is 25.2 Å². The molecule has 184 valence electrons. The minimum absolute atomic E-state index is 0.487. The molecule has 36 heavy (non-hydrogen) atoms. The highest BCUT2D eigenvalue weighted by atomic mass is 19.1. The molecule has 5 heterocycles. The number of anilines is 2. The standard InChI is InChI=1S/C26H28FN9/c1-25(2,27)26(7-4-8-26)24-33-32-23-20-12-17(16-35(20)10-5-11-36(23)24)19-13-21(29-15-18(19)14-28)31-22-6-9-30-34(22)3/h6,9,12-13,15-16H,4-5,7-8,10-11H2,1-3H3,(H,29,31). The Kier molecular flexibility index (Phi) is 5.00. The average Bonchev–Trinajstić information content (AvgIpc) is 3.50. The molecule has 0 saturated heterocycles. The first-order chi connectivity index (χ1) is 17.3. The lowest BCUT2D eigenvalue weighted by Crippen LogP contribution is -2.51. The minimum Gasteiger partial charge on any atom is -0.344 e. The average molecular weight is 486 g/mol. The van der Waals surface area contributed by atoms with Crippen LogP contribution in [-0.2, 0) is 25.6 Å². The molecule has 1 fully saturated rings. The number of fused-ring (bicyclic) bond motifs is 3. The van der Waals surface area contributed by atoms with Crippen LogP contribution in [0.15, 0.2) is 36.8 Å². The van der Waals surface area contributed by atoms with Crippen molar-refractivity contribution in [3.63, 3.8) is 0 Å². The molecule has 1 N–H and O–H groups in total.